The largest absolute Gasteiger partial charge is 0.387 e. The lowest BCUT2D eigenvalue weighted by Gasteiger charge is -2.53. The van der Waals surface area contributed by atoms with Crippen LogP contribution in [0.4, 0.5) is 5.69 Å². The van der Waals surface area contributed by atoms with Crippen molar-refractivity contribution in [3.8, 4) is 0 Å². The SMILES string of the molecule is COC[C@]1(O)CC[C@H]2[C@@H]3CCC4=CC(=O)CC[C@@H]4C3=C(c3ccc(N(C)C)cc3)C[C@@]21C. The highest BCUT2D eigenvalue weighted by Gasteiger charge is 2.62. The maximum atomic E-state index is 12.2. The number of carbonyl (C=O) groups excluding carboxylic acids is 1. The number of rotatable bonds is 4. The molecule has 4 aliphatic carbocycles. The summed E-state index contributed by atoms with van der Waals surface area (Å²) in [5, 5.41) is 11.8. The molecule has 5 rings (SSSR count). The van der Waals surface area contributed by atoms with Crippen molar-refractivity contribution in [3.63, 3.8) is 0 Å². The first-order valence-electron chi connectivity index (χ1n) is 12.2. The molecule has 0 heterocycles. The quantitative estimate of drug-likeness (QED) is 0.722. The molecule has 4 heteroatoms. The van der Waals surface area contributed by atoms with Gasteiger partial charge in [-0.15, -0.1) is 0 Å². The molecule has 32 heavy (non-hydrogen) atoms. The number of ketones is 1. The average Bonchev–Trinajstić information content (AvgIpc) is 3.03. The second-order valence-corrected chi connectivity index (χ2v) is 11.0. The van der Waals surface area contributed by atoms with Gasteiger partial charge in [-0.1, -0.05) is 30.2 Å². The molecule has 5 atom stereocenters. The van der Waals surface area contributed by atoms with E-state index in [-0.39, 0.29) is 5.41 Å². The molecule has 0 bridgehead atoms. The monoisotopic (exact) mass is 435 g/mol. The van der Waals surface area contributed by atoms with Gasteiger partial charge in [0.15, 0.2) is 5.78 Å². The Hall–Kier alpha value is -1.91. The number of hydrogen-bond donors (Lipinski definition) is 1. The summed E-state index contributed by atoms with van der Waals surface area (Å²) in [7, 11) is 5.84. The number of nitrogens with zero attached hydrogens (tertiary/aromatic N) is 1. The zero-order valence-electron chi connectivity index (χ0n) is 20.0. The predicted molar refractivity (Wildman–Crippen MR) is 129 cm³/mol. The van der Waals surface area contributed by atoms with Gasteiger partial charge in [0.1, 0.15) is 0 Å². The lowest BCUT2D eigenvalue weighted by Crippen LogP contribution is -2.52. The number of carbonyl (C=O) groups is 1. The van der Waals surface area contributed by atoms with Crippen LogP contribution in [0.2, 0.25) is 0 Å². The van der Waals surface area contributed by atoms with Crippen LogP contribution in [0.3, 0.4) is 0 Å². The summed E-state index contributed by atoms with van der Waals surface area (Å²) < 4.78 is 5.54. The van der Waals surface area contributed by atoms with Crippen molar-refractivity contribution in [1.29, 1.82) is 0 Å². The zero-order chi connectivity index (χ0) is 22.7. The second-order valence-electron chi connectivity index (χ2n) is 11.0. The highest BCUT2D eigenvalue weighted by atomic mass is 16.5. The average molecular weight is 436 g/mol. The van der Waals surface area contributed by atoms with Crippen LogP contribution in [0.25, 0.3) is 5.57 Å². The molecule has 4 aliphatic rings. The normalized spacial score (nSPS) is 36.3. The van der Waals surface area contributed by atoms with Gasteiger partial charge in [-0.2, -0.15) is 0 Å². The van der Waals surface area contributed by atoms with Gasteiger partial charge in [0, 0.05) is 44.6 Å². The van der Waals surface area contributed by atoms with Crippen LogP contribution < -0.4 is 4.90 Å². The van der Waals surface area contributed by atoms with Gasteiger partial charge >= 0.3 is 0 Å². The number of ether oxygens (including phenoxy) is 1. The van der Waals surface area contributed by atoms with Crippen LogP contribution >= 0.6 is 0 Å². The third-order valence-electron chi connectivity index (χ3n) is 9.24. The zero-order valence-corrected chi connectivity index (χ0v) is 20.0. The van der Waals surface area contributed by atoms with Gasteiger partial charge in [-0.3, -0.25) is 4.79 Å². The van der Waals surface area contributed by atoms with Crippen molar-refractivity contribution in [1.82, 2.24) is 0 Å². The van der Waals surface area contributed by atoms with Crippen molar-refractivity contribution in [2.75, 3.05) is 32.7 Å². The minimum Gasteiger partial charge on any atom is -0.387 e. The number of benzene rings is 1. The molecular formula is C28H37NO3. The van der Waals surface area contributed by atoms with Crippen molar-refractivity contribution in [2.45, 2.75) is 57.5 Å². The molecule has 0 spiro atoms. The molecule has 0 radical (unpaired) electrons. The molecule has 1 aromatic carbocycles. The van der Waals surface area contributed by atoms with Crippen molar-refractivity contribution in [3.05, 3.63) is 47.1 Å². The van der Waals surface area contributed by atoms with E-state index in [0.29, 0.717) is 36.6 Å². The molecule has 2 fully saturated rings. The maximum absolute atomic E-state index is 12.2. The summed E-state index contributed by atoms with van der Waals surface area (Å²) in [6.45, 7) is 2.71. The topological polar surface area (TPSA) is 49.8 Å². The lowest BCUT2D eigenvalue weighted by atomic mass is 9.52. The van der Waals surface area contributed by atoms with E-state index in [4.69, 9.17) is 4.74 Å². The Kier molecular flexibility index (Phi) is 5.37. The first kappa shape index (κ1) is 21.9. The smallest absolute Gasteiger partial charge is 0.155 e. The first-order valence-corrected chi connectivity index (χ1v) is 12.2. The van der Waals surface area contributed by atoms with Crippen molar-refractivity contribution < 1.29 is 14.6 Å². The maximum Gasteiger partial charge on any atom is 0.155 e. The molecular weight excluding hydrogens is 398 g/mol. The van der Waals surface area contributed by atoms with E-state index < -0.39 is 5.60 Å². The lowest BCUT2D eigenvalue weighted by molar-refractivity contribution is -0.117. The Morgan fingerprint density at radius 1 is 1.12 bits per heavy atom. The van der Waals surface area contributed by atoms with Crippen LogP contribution in [0.5, 0.6) is 0 Å². The first-order chi connectivity index (χ1) is 15.3. The van der Waals surface area contributed by atoms with E-state index in [2.05, 4.69) is 50.2 Å². The van der Waals surface area contributed by atoms with Crippen LogP contribution in [-0.4, -0.2) is 44.3 Å². The number of anilines is 1. The molecule has 0 saturated heterocycles. The fraction of sp³-hybridized carbons (Fsp3) is 0.607. The fourth-order valence-corrected chi connectivity index (χ4v) is 7.50. The van der Waals surface area contributed by atoms with Gasteiger partial charge in [0.2, 0.25) is 0 Å². The second kappa shape index (κ2) is 7.85. The number of aliphatic hydroxyl groups is 1. The molecule has 0 amide bonds. The van der Waals surface area contributed by atoms with E-state index in [9.17, 15) is 9.90 Å². The van der Waals surface area contributed by atoms with E-state index in [0.717, 1.165) is 38.5 Å². The van der Waals surface area contributed by atoms with Crippen molar-refractivity contribution >= 4 is 17.0 Å². The molecule has 1 aromatic rings. The standard InChI is InChI=1S/C28H37NO3/c1-27-16-24(18-5-8-20(9-6-18)29(2)3)26-22-12-10-21(30)15-19(22)7-11-23(26)25(27)13-14-28(27,31)17-32-4/h5-6,8-9,15,22-23,25,31H,7,10-14,16-17H2,1-4H3/t22-,23-,25-,27-,28+/m0/s1. The van der Waals surface area contributed by atoms with Gasteiger partial charge in [-0.25, -0.2) is 0 Å². The highest BCUT2D eigenvalue weighted by molar-refractivity contribution is 5.92. The van der Waals surface area contributed by atoms with E-state index >= 15 is 0 Å². The van der Waals surface area contributed by atoms with Gasteiger partial charge in [0.25, 0.3) is 0 Å². The molecule has 0 unspecified atom stereocenters. The summed E-state index contributed by atoms with van der Waals surface area (Å²) in [5.41, 5.74) is 5.84. The number of allylic oxidation sites excluding steroid dienone is 4. The van der Waals surface area contributed by atoms with Crippen molar-refractivity contribution in [2.24, 2.45) is 23.2 Å². The summed E-state index contributed by atoms with van der Waals surface area (Å²) in [5.74, 6) is 1.65. The van der Waals surface area contributed by atoms with E-state index in [1.807, 2.05) is 6.08 Å². The Labute approximate surface area is 192 Å². The third kappa shape index (κ3) is 3.21. The Bertz CT molecular complexity index is 975. The Morgan fingerprint density at radius 2 is 1.88 bits per heavy atom. The molecule has 4 nitrogen and oxygen atoms in total. The molecule has 0 aliphatic heterocycles. The van der Waals surface area contributed by atoms with Crippen LogP contribution in [0.1, 0.15) is 57.4 Å². The number of methoxy groups -OCH3 is 1. The molecule has 0 aromatic heterocycles. The van der Waals surface area contributed by atoms with E-state index in [1.54, 1.807) is 12.7 Å². The van der Waals surface area contributed by atoms with E-state index in [1.165, 1.54) is 22.4 Å². The van der Waals surface area contributed by atoms with Gasteiger partial charge in [0.05, 0.1) is 12.2 Å². The van der Waals surface area contributed by atoms with Crippen LogP contribution in [0.15, 0.2) is 41.5 Å². The molecule has 1 N–H and O–H groups in total. The summed E-state index contributed by atoms with van der Waals surface area (Å²) in [6, 6.07) is 8.92. The summed E-state index contributed by atoms with van der Waals surface area (Å²) in [6.07, 6.45) is 8.41. The minimum atomic E-state index is -0.786. The number of fused-ring (bicyclic) bond motifs is 5. The summed E-state index contributed by atoms with van der Waals surface area (Å²) >= 11 is 0. The molecule has 2 saturated carbocycles. The van der Waals surface area contributed by atoms with Crippen LogP contribution in [0, 0.1) is 23.2 Å². The third-order valence-corrected chi connectivity index (χ3v) is 9.24. The predicted octanol–water partition coefficient (Wildman–Crippen LogP) is 5.02. The van der Waals surface area contributed by atoms with Gasteiger partial charge in [-0.05, 0) is 79.7 Å². The highest BCUT2D eigenvalue weighted by Crippen LogP contribution is 2.65. The number of hydrogen-bond acceptors (Lipinski definition) is 4. The minimum absolute atomic E-state index is 0.196. The molecule has 172 valence electrons. The fourth-order valence-electron chi connectivity index (χ4n) is 7.50. The van der Waals surface area contributed by atoms with Crippen LogP contribution in [-0.2, 0) is 9.53 Å². The Balaban J connectivity index is 1.66. The van der Waals surface area contributed by atoms with Gasteiger partial charge < -0.3 is 14.7 Å². The Morgan fingerprint density at radius 3 is 2.56 bits per heavy atom. The summed E-state index contributed by atoms with van der Waals surface area (Å²) in [4.78, 5) is 14.3.